The molecule has 2 bridgehead atoms. The molecule has 0 aromatic carbocycles. The van der Waals surface area contributed by atoms with Gasteiger partial charge in [-0.1, -0.05) is 6.07 Å². The maximum absolute atomic E-state index is 5.78. The number of nitrogens with one attached hydrogen (secondary N) is 1. The van der Waals surface area contributed by atoms with Crippen molar-refractivity contribution < 1.29 is 0 Å². The Labute approximate surface area is 102 Å². The second-order valence-corrected chi connectivity index (χ2v) is 6.00. The van der Waals surface area contributed by atoms with Crippen LogP contribution in [0.2, 0.25) is 0 Å². The molecular weight excluding hydrogens is 210 g/mol. The summed E-state index contributed by atoms with van der Waals surface area (Å²) in [7, 11) is 0. The van der Waals surface area contributed by atoms with Crippen molar-refractivity contribution in [3.8, 4) is 0 Å². The lowest BCUT2D eigenvalue weighted by atomic mass is 9.94. The number of rotatable bonds is 3. The zero-order valence-electron chi connectivity index (χ0n) is 9.92. The summed E-state index contributed by atoms with van der Waals surface area (Å²) in [5.74, 6) is 10.5. The molecule has 3 aliphatic rings. The van der Waals surface area contributed by atoms with E-state index >= 15 is 0 Å². The average molecular weight is 229 g/mol. The first-order valence-corrected chi connectivity index (χ1v) is 6.76. The molecule has 3 aliphatic carbocycles. The molecule has 3 nitrogen and oxygen atoms in total. The van der Waals surface area contributed by atoms with Crippen molar-refractivity contribution in [2.24, 2.45) is 35.4 Å². The van der Waals surface area contributed by atoms with Crippen LogP contribution in [0.25, 0.3) is 0 Å². The summed E-state index contributed by atoms with van der Waals surface area (Å²) in [5, 5.41) is 0. The van der Waals surface area contributed by atoms with Gasteiger partial charge in [-0.25, -0.2) is 0 Å². The van der Waals surface area contributed by atoms with Crippen LogP contribution in [-0.2, 0) is 0 Å². The molecule has 0 saturated heterocycles. The van der Waals surface area contributed by atoms with Crippen LogP contribution in [0.15, 0.2) is 24.5 Å². The van der Waals surface area contributed by atoms with Gasteiger partial charge in [-0.15, -0.1) is 0 Å². The van der Waals surface area contributed by atoms with Crippen molar-refractivity contribution in [3.63, 3.8) is 0 Å². The third-order valence-corrected chi connectivity index (χ3v) is 5.40. The lowest BCUT2D eigenvalue weighted by molar-refractivity contribution is 0.373. The van der Waals surface area contributed by atoms with E-state index in [4.69, 9.17) is 5.84 Å². The van der Waals surface area contributed by atoms with Gasteiger partial charge < -0.3 is 0 Å². The van der Waals surface area contributed by atoms with Gasteiger partial charge >= 0.3 is 0 Å². The Morgan fingerprint density at radius 2 is 2.06 bits per heavy atom. The van der Waals surface area contributed by atoms with Gasteiger partial charge in [0.15, 0.2) is 0 Å². The molecule has 3 N–H and O–H groups in total. The van der Waals surface area contributed by atoms with Crippen molar-refractivity contribution >= 4 is 0 Å². The predicted octanol–water partition coefficient (Wildman–Crippen LogP) is 1.88. The number of fused-ring (bicyclic) bond motifs is 5. The van der Waals surface area contributed by atoms with E-state index in [0.717, 1.165) is 29.6 Å². The van der Waals surface area contributed by atoms with Crippen LogP contribution in [0.3, 0.4) is 0 Å². The molecule has 0 amide bonds. The topological polar surface area (TPSA) is 50.9 Å². The Morgan fingerprint density at radius 1 is 1.29 bits per heavy atom. The number of hydrogen-bond donors (Lipinski definition) is 2. The Bertz CT molecular complexity index is 403. The summed E-state index contributed by atoms with van der Waals surface area (Å²) >= 11 is 0. The molecule has 0 aliphatic heterocycles. The number of nitrogens with zero attached hydrogens (tertiary/aromatic N) is 1. The lowest BCUT2D eigenvalue weighted by Gasteiger charge is -2.19. The minimum atomic E-state index is 0.321. The zero-order chi connectivity index (χ0) is 11.4. The SMILES string of the molecule is NNC(c1cccnc1)C1C2C3CCC(C3)C21. The van der Waals surface area contributed by atoms with Crippen molar-refractivity contribution in [1.29, 1.82) is 0 Å². The van der Waals surface area contributed by atoms with Gasteiger partial charge in [-0.2, -0.15) is 0 Å². The van der Waals surface area contributed by atoms with Crippen LogP contribution in [0.1, 0.15) is 30.9 Å². The van der Waals surface area contributed by atoms with E-state index in [0.29, 0.717) is 6.04 Å². The standard InChI is InChI=1S/C14H19N3/c15-17-14(10-2-1-5-16-7-10)13-11-8-3-4-9(6-8)12(11)13/h1-2,5,7-9,11-14,17H,3-4,6,15H2. The molecular formula is C14H19N3. The molecule has 3 heteroatoms. The fraction of sp³-hybridized carbons (Fsp3) is 0.643. The first-order chi connectivity index (χ1) is 8.40. The molecule has 5 unspecified atom stereocenters. The Morgan fingerprint density at radius 3 is 2.65 bits per heavy atom. The highest BCUT2D eigenvalue weighted by Gasteiger charge is 2.66. The largest absolute Gasteiger partial charge is 0.271 e. The van der Waals surface area contributed by atoms with E-state index in [1.807, 2.05) is 18.5 Å². The number of nitrogens with two attached hydrogens (primary N) is 1. The Balaban J connectivity index is 1.59. The van der Waals surface area contributed by atoms with Gasteiger partial charge in [0.25, 0.3) is 0 Å². The molecule has 1 aromatic rings. The maximum Gasteiger partial charge on any atom is 0.0509 e. The molecule has 0 radical (unpaired) electrons. The van der Waals surface area contributed by atoms with Crippen LogP contribution < -0.4 is 11.3 Å². The Hall–Kier alpha value is -0.930. The zero-order valence-corrected chi connectivity index (χ0v) is 9.92. The molecule has 17 heavy (non-hydrogen) atoms. The second kappa shape index (κ2) is 3.53. The van der Waals surface area contributed by atoms with E-state index in [1.165, 1.54) is 24.8 Å². The van der Waals surface area contributed by atoms with Gasteiger partial charge in [-0.3, -0.25) is 16.3 Å². The quantitative estimate of drug-likeness (QED) is 0.614. The van der Waals surface area contributed by atoms with Crippen LogP contribution >= 0.6 is 0 Å². The summed E-state index contributed by atoms with van der Waals surface area (Å²) in [6, 6.07) is 4.47. The van der Waals surface area contributed by atoms with Gasteiger partial charge in [-0.05, 0) is 60.5 Å². The van der Waals surface area contributed by atoms with Crippen LogP contribution in [0, 0.1) is 29.6 Å². The first-order valence-electron chi connectivity index (χ1n) is 6.76. The number of aromatic nitrogens is 1. The van der Waals surface area contributed by atoms with Crippen molar-refractivity contribution in [1.82, 2.24) is 10.4 Å². The molecule has 1 heterocycles. The number of pyridine rings is 1. The summed E-state index contributed by atoms with van der Waals surface area (Å²) in [6.45, 7) is 0. The fourth-order valence-corrected chi connectivity index (χ4v) is 4.83. The van der Waals surface area contributed by atoms with E-state index in [1.54, 1.807) is 0 Å². The summed E-state index contributed by atoms with van der Waals surface area (Å²) in [4.78, 5) is 4.22. The van der Waals surface area contributed by atoms with Gasteiger partial charge in [0.05, 0.1) is 6.04 Å². The van der Waals surface area contributed by atoms with E-state index in [-0.39, 0.29) is 0 Å². The van der Waals surface area contributed by atoms with Gasteiger partial charge in [0.1, 0.15) is 0 Å². The van der Waals surface area contributed by atoms with E-state index < -0.39 is 0 Å². The highest BCUT2D eigenvalue weighted by Crippen LogP contribution is 2.72. The van der Waals surface area contributed by atoms with E-state index in [9.17, 15) is 0 Å². The average Bonchev–Trinajstić information content (AvgIpc) is 2.81. The minimum Gasteiger partial charge on any atom is -0.271 e. The van der Waals surface area contributed by atoms with Gasteiger partial charge in [0.2, 0.25) is 0 Å². The third kappa shape index (κ3) is 1.33. The highest BCUT2D eigenvalue weighted by atomic mass is 15.2. The summed E-state index contributed by atoms with van der Waals surface area (Å²) in [6.07, 6.45) is 8.21. The normalized spacial score (nSPS) is 43.5. The monoisotopic (exact) mass is 229 g/mol. The molecule has 3 fully saturated rings. The molecule has 1 aromatic heterocycles. The fourth-order valence-electron chi connectivity index (χ4n) is 4.83. The number of hydrazine groups is 1. The molecule has 0 spiro atoms. The maximum atomic E-state index is 5.78. The number of hydrogen-bond acceptors (Lipinski definition) is 3. The van der Waals surface area contributed by atoms with Crippen molar-refractivity contribution in [2.75, 3.05) is 0 Å². The van der Waals surface area contributed by atoms with Crippen LogP contribution in [0.4, 0.5) is 0 Å². The highest BCUT2D eigenvalue weighted by molar-refractivity contribution is 5.23. The second-order valence-electron chi connectivity index (χ2n) is 6.00. The Kier molecular flexibility index (Phi) is 2.08. The van der Waals surface area contributed by atoms with Crippen LogP contribution in [-0.4, -0.2) is 4.98 Å². The van der Waals surface area contributed by atoms with Crippen LogP contribution in [0.5, 0.6) is 0 Å². The molecule has 3 saturated carbocycles. The smallest absolute Gasteiger partial charge is 0.0509 e. The first kappa shape index (κ1) is 10.0. The minimum absolute atomic E-state index is 0.321. The molecule has 90 valence electrons. The van der Waals surface area contributed by atoms with Crippen molar-refractivity contribution in [2.45, 2.75) is 25.3 Å². The van der Waals surface area contributed by atoms with Gasteiger partial charge in [0, 0.05) is 12.4 Å². The predicted molar refractivity (Wildman–Crippen MR) is 65.6 cm³/mol. The summed E-state index contributed by atoms with van der Waals surface area (Å²) < 4.78 is 0. The summed E-state index contributed by atoms with van der Waals surface area (Å²) in [5.41, 5.74) is 4.30. The van der Waals surface area contributed by atoms with Crippen molar-refractivity contribution in [3.05, 3.63) is 30.1 Å². The molecule has 5 atom stereocenters. The van der Waals surface area contributed by atoms with E-state index in [2.05, 4.69) is 16.5 Å². The lowest BCUT2D eigenvalue weighted by Crippen LogP contribution is -2.31. The third-order valence-electron chi connectivity index (χ3n) is 5.40. The molecule has 4 rings (SSSR count).